The second-order valence-corrected chi connectivity index (χ2v) is 9.09. The highest BCUT2D eigenvalue weighted by Crippen LogP contribution is 2.59. The second-order valence-electron chi connectivity index (χ2n) is 8.69. The van der Waals surface area contributed by atoms with Crippen molar-refractivity contribution in [1.29, 1.82) is 0 Å². The molecule has 28 heavy (non-hydrogen) atoms. The van der Waals surface area contributed by atoms with Gasteiger partial charge in [-0.2, -0.15) is 0 Å². The minimum absolute atomic E-state index is 0.00147. The third-order valence-electron chi connectivity index (χ3n) is 7.00. The van der Waals surface area contributed by atoms with Crippen LogP contribution >= 0.6 is 12.2 Å². The minimum Gasteiger partial charge on any atom is -0.379 e. The molecule has 1 saturated heterocycles. The van der Waals surface area contributed by atoms with Gasteiger partial charge in [-0.3, -0.25) is 4.79 Å². The monoisotopic (exact) mass is 394 g/mol. The van der Waals surface area contributed by atoms with Gasteiger partial charge < -0.3 is 15.4 Å². The maximum absolute atomic E-state index is 13.3. The Bertz CT molecular complexity index is 903. The van der Waals surface area contributed by atoms with Gasteiger partial charge in [-0.15, -0.1) is 0 Å². The Hall–Kier alpha value is -1.90. The van der Waals surface area contributed by atoms with Gasteiger partial charge >= 0.3 is 0 Å². The van der Waals surface area contributed by atoms with E-state index >= 15 is 0 Å². The molecule has 3 fully saturated rings. The average Bonchev–Trinajstić information content (AvgIpc) is 3.41. The second kappa shape index (κ2) is 6.57. The summed E-state index contributed by atoms with van der Waals surface area (Å²) in [7, 11) is 0. The van der Waals surface area contributed by atoms with Crippen LogP contribution in [0.4, 0.5) is 0 Å². The normalized spacial score (nSPS) is 33.4. The molecule has 146 valence electrons. The van der Waals surface area contributed by atoms with Crippen LogP contribution in [0.2, 0.25) is 0 Å². The standard InChI is InChI=1S/C23H26N2O2S/c1-2-27-18-9-11-22(12-10-18)14-17-8-7-16(6-5-15-3-4-15)13-19(17)23(22)20(26)24-21(28)25-23/h7-8,13,15,18H,2-4,9-12,14H2,1H3,(H2,24,25,26,28). The molecule has 0 bridgehead atoms. The van der Waals surface area contributed by atoms with Gasteiger partial charge in [-0.05, 0) is 87.3 Å². The summed E-state index contributed by atoms with van der Waals surface area (Å²) < 4.78 is 5.88. The molecule has 1 aliphatic heterocycles. The summed E-state index contributed by atoms with van der Waals surface area (Å²) in [6.45, 7) is 2.79. The fourth-order valence-electron chi connectivity index (χ4n) is 5.47. The number of carbonyl (C=O) groups is 1. The molecule has 2 N–H and O–H groups in total. The molecule has 4 nitrogen and oxygen atoms in total. The lowest BCUT2D eigenvalue weighted by molar-refractivity contribution is -0.131. The molecule has 5 heteroatoms. The Balaban J connectivity index is 1.55. The lowest BCUT2D eigenvalue weighted by Crippen LogP contribution is -2.56. The number of amides is 1. The molecular formula is C23H26N2O2S. The topological polar surface area (TPSA) is 50.4 Å². The summed E-state index contributed by atoms with van der Waals surface area (Å²) in [5.74, 6) is 7.22. The number of hydrogen-bond acceptors (Lipinski definition) is 3. The number of thiocarbonyl (C=S) groups is 1. The van der Waals surface area contributed by atoms with Crippen LogP contribution in [-0.2, 0) is 21.5 Å². The van der Waals surface area contributed by atoms with E-state index in [1.165, 1.54) is 18.4 Å². The molecule has 4 aliphatic rings. The van der Waals surface area contributed by atoms with Crippen LogP contribution in [0, 0.1) is 23.2 Å². The summed E-state index contributed by atoms with van der Waals surface area (Å²) in [6, 6.07) is 6.42. The van der Waals surface area contributed by atoms with E-state index in [1.807, 2.05) is 6.92 Å². The summed E-state index contributed by atoms with van der Waals surface area (Å²) in [4.78, 5) is 13.3. The van der Waals surface area contributed by atoms with E-state index in [-0.39, 0.29) is 11.3 Å². The third-order valence-corrected chi connectivity index (χ3v) is 7.20. The highest BCUT2D eigenvalue weighted by molar-refractivity contribution is 7.80. The maximum Gasteiger partial charge on any atom is 0.257 e. The first-order chi connectivity index (χ1) is 13.6. The first-order valence-electron chi connectivity index (χ1n) is 10.5. The van der Waals surface area contributed by atoms with E-state index in [9.17, 15) is 4.79 Å². The fourth-order valence-corrected chi connectivity index (χ4v) is 5.72. The molecule has 2 saturated carbocycles. The van der Waals surface area contributed by atoms with Crippen LogP contribution in [0.15, 0.2) is 18.2 Å². The number of carbonyl (C=O) groups excluding carboxylic acids is 1. The molecule has 1 aromatic rings. The summed E-state index contributed by atoms with van der Waals surface area (Å²) >= 11 is 5.38. The van der Waals surface area contributed by atoms with Crippen molar-refractivity contribution in [2.45, 2.75) is 63.5 Å². The van der Waals surface area contributed by atoms with Gasteiger partial charge in [0.05, 0.1) is 6.10 Å². The van der Waals surface area contributed by atoms with E-state index < -0.39 is 5.54 Å². The molecule has 0 radical (unpaired) electrons. The van der Waals surface area contributed by atoms with Crippen LogP contribution in [0.5, 0.6) is 0 Å². The van der Waals surface area contributed by atoms with E-state index in [2.05, 4.69) is 40.7 Å². The molecule has 2 spiro atoms. The summed E-state index contributed by atoms with van der Waals surface area (Å²) in [6.07, 6.45) is 7.51. The van der Waals surface area contributed by atoms with Crippen molar-refractivity contribution in [3.8, 4) is 11.8 Å². The summed E-state index contributed by atoms with van der Waals surface area (Å²) in [5, 5.41) is 6.76. The number of benzene rings is 1. The smallest absolute Gasteiger partial charge is 0.257 e. The molecule has 1 unspecified atom stereocenters. The number of ether oxygens (including phenoxy) is 1. The van der Waals surface area contributed by atoms with Crippen LogP contribution in [-0.4, -0.2) is 23.7 Å². The van der Waals surface area contributed by atoms with Gasteiger partial charge in [0.1, 0.15) is 0 Å². The Morgan fingerprint density at radius 2 is 2.04 bits per heavy atom. The highest BCUT2D eigenvalue weighted by atomic mass is 32.1. The van der Waals surface area contributed by atoms with Crippen LogP contribution in [0.3, 0.4) is 0 Å². The van der Waals surface area contributed by atoms with Crippen molar-refractivity contribution < 1.29 is 9.53 Å². The SMILES string of the molecule is CCOC1CCC2(CC1)Cc1ccc(C#CC3CC3)cc1C21NC(=S)NC1=O. The molecule has 0 aromatic heterocycles. The Kier molecular flexibility index (Phi) is 4.26. The van der Waals surface area contributed by atoms with Gasteiger partial charge in [0.15, 0.2) is 10.7 Å². The molecule has 1 atom stereocenters. The molecular weight excluding hydrogens is 368 g/mol. The van der Waals surface area contributed by atoms with E-state index in [0.717, 1.165) is 49.8 Å². The predicted octanol–water partition coefficient (Wildman–Crippen LogP) is 3.17. The summed E-state index contributed by atoms with van der Waals surface area (Å²) in [5.41, 5.74) is 2.39. The lowest BCUT2D eigenvalue weighted by Gasteiger charge is -2.46. The fraction of sp³-hybridized carbons (Fsp3) is 0.565. The van der Waals surface area contributed by atoms with Gasteiger partial charge in [-0.1, -0.05) is 17.9 Å². The molecule has 1 heterocycles. The van der Waals surface area contributed by atoms with Crippen LogP contribution in [0.25, 0.3) is 0 Å². The molecule has 3 aliphatic carbocycles. The van der Waals surface area contributed by atoms with Crippen molar-refractivity contribution in [1.82, 2.24) is 10.6 Å². The van der Waals surface area contributed by atoms with Crippen molar-refractivity contribution in [3.05, 3.63) is 34.9 Å². The predicted molar refractivity (Wildman–Crippen MR) is 112 cm³/mol. The number of nitrogens with one attached hydrogen (secondary N) is 2. The molecule has 5 rings (SSSR count). The largest absolute Gasteiger partial charge is 0.379 e. The Morgan fingerprint density at radius 3 is 2.68 bits per heavy atom. The third kappa shape index (κ3) is 2.69. The Labute approximate surface area is 171 Å². The zero-order valence-corrected chi connectivity index (χ0v) is 17.1. The van der Waals surface area contributed by atoms with Gasteiger partial charge in [-0.25, -0.2) is 0 Å². The van der Waals surface area contributed by atoms with Crippen molar-refractivity contribution in [2.24, 2.45) is 11.3 Å². The Morgan fingerprint density at radius 1 is 1.25 bits per heavy atom. The highest BCUT2D eigenvalue weighted by Gasteiger charge is 2.65. The van der Waals surface area contributed by atoms with E-state index in [1.54, 1.807) is 0 Å². The number of hydrogen-bond donors (Lipinski definition) is 2. The minimum atomic E-state index is -0.770. The zero-order valence-electron chi connectivity index (χ0n) is 16.3. The maximum atomic E-state index is 13.3. The van der Waals surface area contributed by atoms with Crippen LogP contribution in [0.1, 0.15) is 62.1 Å². The number of fused-ring (bicyclic) bond motifs is 3. The van der Waals surface area contributed by atoms with Crippen molar-refractivity contribution in [2.75, 3.05) is 6.61 Å². The first-order valence-corrected chi connectivity index (χ1v) is 10.9. The van der Waals surface area contributed by atoms with E-state index in [0.29, 0.717) is 17.1 Å². The molecule has 1 amide bonds. The van der Waals surface area contributed by atoms with Gasteiger partial charge in [0.25, 0.3) is 5.91 Å². The van der Waals surface area contributed by atoms with Crippen molar-refractivity contribution in [3.63, 3.8) is 0 Å². The van der Waals surface area contributed by atoms with Gasteiger partial charge in [0.2, 0.25) is 0 Å². The number of rotatable bonds is 2. The first kappa shape index (κ1) is 18.1. The quantitative estimate of drug-likeness (QED) is 0.598. The molecule has 1 aromatic carbocycles. The average molecular weight is 395 g/mol. The van der Waals surface area contributed by atoms with Crippen LogP contribution < -0.4 is 10.6 Å². The zero-order chi connectivity index (χ0) is 19.4. The van der Waals surface area contributed by atoms with Crippen molar-refractivity contribution >= 4 is 23.2 Å². The lowest BCUT2D eigenvalue weighted by atomic mass is 9.61. The van der Waals surface area contributed by atoms with E-state index in [4.69, 9.17) is 17.0 Å². The van der Waals surface area contributed by atoms with Gasteiger partial charge in [0, 0.05) is 23.5 Å².